The Bertz CT molecular complexity index is 3000. The van der Waals surface area contributed by atoms with Crippen LogP contribution in [0.2, 0.25) is 0 Å². The van der Waals surface area contributed by atoms with E-state index in [0.29, 0.717) is 0 Å². The fourth-order valence-corrected chi connectivity index (χ4v) is 7.82. The van der Waals surface area contributed by atoms with Crippen LogP contribution in [0.4, 0.5) is 0 Å². The van der Waals surface area contributed by atoms with Crippen molar-refractivity contribution in [1.29, 1.82) is 0 Å². The van der Waals surface area contributed by atoms with Crippen LogP contribution in [-0.2, 0) is 26.5 Å². The van der Waals surface area contributed by atoms with Crippen LogP contribution in [-0.4, -0.2) is 19.1 Å². The SMILES string of the molecule is Cc1cc(-c2nc3c(-c4[c-]c5c(cc4)c4ccc(C(C)(C)C)cc4n5-c4ccccn4)cccc3n2-c2ccccc2)c2[n-]c3ccccc3c2c1.[Pt+2]. The third-order valence-electron chi connectivity index (χ3n) is 10.3. The normalized spacial score (nSPS) is 12.0. The Morgan fingerprint density at radius 3 is 2.25 bits per heavy atom. The first kappa shape index (κ1) is 33.1. The quantitative estimate of drug-likeness (QED) is 0.166. The Labute approximate surface area is 322 Å². The molecule has 10 rings (SSSR count). The van der Waals surface area contributed by atoms with Crippen LogP contribution >= 0.6 is 0 Å². The molecule has 0 N–H and O–H groups in total. The van der Waals surface area contributed by atoms with Crippen molar-refractivity contribution in [2.75, 3.05) is 0 Å². The molecule has 0 aliphatic heterocycles. The molecule has 0 aliphatic carbocycles. The average molecular weight is 865 g/mol. The maximum atomic E-state index is 5.52. The zero-order valence-corrected chi connectivity index (χ0v) is 32.1. The monoisotopic (exact) mass is 864 g/mol. The molecule has 0 bridgehead atoms. The molecule has 0 radical (unpaired) electrons. The number of rotatable bonds is 4. The first-order valence-electron chi connectivity index (χ1n) is 17.8. The second kappa shape index (κ2) is 12.4. The minimum Gasteiger partial charge on any atom is -0.656 e. The Hall–Kier alpha value is -5.77. The van der Waals surface area contributed by atoms with Gasteiger partial charge >= 0.3 is 21.1 Å². The van der Waals surface area contributed by atoms with Crippen LogP contribution in [0.15, 0.2) is 140 Å². The topological polar surface area (TPSA) is 49.7 Å². The van der Waals surface area contributed by atoms with Gasteiger partial charge in [-0.3, -0.25) is 4.57 Å². The van der Waals surface area contributed by atoms with Crippen molar-refractivity contribution in [3.63, 3.8) is 0 Å². The summed E-state index contributed by atoms with van der Waals surface area (Å²) in [5.74, 6) is 1.73. The number of hydrogen-bond donors (Lipinski definition) is 0. The minimum atomic E-state index is 0. The van der Waals surface area contributed by atoms with Gasteiger partial charge in [0.1, 0.15) is 11.6 Å². The zero-order valence-electron chi connectivity index (χ0n) is 29.8. The molecular formula is C47H35N5Pt. The first-order valence-corrected chi connectivity index (χ1v) is 17.8. The molecule has 0 saturated carbocycles. The van der Waals surface area contributed by atoms with E-state index in [1.807, 2.05) is 18.3 Å². The third kappa shape index (κ3) is 5.25. The van der Waals surface area contributed by atoms with E-state index in [-0.39, 0.29) is 26.5 Å². The van der Waals surface area contributed by atoms with Gasteiger partial charge in [-0.25, -0.2) is 9.97 Å². The summed E-state index contributed by atoms with van der Waals surface area (Å²) in [5, 5.41) is 4.63. The van der Waals surface area contributed by atoms with Gasteiger partial charge in [0, 0.05) is 23.0 Å². The van der Waals surface area contributed by atoms with E-state index in [4.69, 9.17) is 15.0 Å². The third-order valence-corrected chi connectivity index (χ3v) is 10.3. The molecule has 0 aliphatic rings. The van der Waals surface area contributed by atoms with Crippen LogP contribution in [0.3, 0.4) is 0 Å². The van der Waals surface area contributed by atoms with E-state index < -0.39 is 0 Å². The molecule has 4 aromatic heterocycles. The summed E-state index contributed by atoms with van der Waals surface area (Å²) in [6.45, 7) is 8.93. The van der Waals surface area contributed by atoms with E-state index in [2.05, 4.69) is 164 Å². The Morgan fingerprint density at radius 2 is 1.43 bits per heavy atom. The molecule has 6 heteroatoms. The molecule has 5 nitrogen and oxygen atoms in total. The molecule has 6 aromatic carbocycles. The predicted molar refractivity (Wildman–Crippen MR) is 215 cm³/mol. The second-order valence-corrected chi connectivity index (χ2v) is 14.8. The molecule has 0 amide bonds. The Morgan fingerprint density at radius 1 is 0.642 bits per heavy atom. The van der Waals surface area contributed by atoms with E-state index >= 15 is 0 Å². The van der Waals surface area contributed by atoms with Gasteiger partial charge in [0.05, 0.1) is 11.0 Å². The fraction of sp³-hybridized carbons (Fsp3) is 0.106. The van der Waals surface area contributed by atoms with Gasteiger partial charge in [-0.15, -0.1) is 34.8 Å². The maximum absolute atomic E-state index is 5.52. The minimum absolute atomic E-state index is 0. The summed E-state index contributed by atoms with van der Waals surface area (Å²) in [5.41, 5.74) is 12.5. The van der Waals surface area contributed by atoms with E-state index in [0.717, 1.165) is 83.3 Å². The van der Waals surface area contributed by atoms with Gasteiger partial charge in [0.2, 0.25) is 0 Å². The number of pyridine rings is 1. The Kier molecular flexibility index (Phi) is 7.76. The van der Waals surface area contributed by atoms with Gasteiger partial charge in [0.25, 0.3) is 0 Å². The van der Waals surface area contributed by atoms with Gasteiger partial charge in [0.15, 0.2) is 0 Å². The van der Waals surface area contributed by atoms with Crippen molar-refractivity contribution < 1.29 is 21.1 Å². The number of hydrogen-bond acceptors (Lipinski definition) is 2. The number of imidazole rings is 1. The second-order valence-electron chi connectivity index (χ2n) is 14.8. The van der Waals surface area contributed by atoms with E-state index in [1.54, 1.807) is 0 Å². The summed E-state index contributed by atoms with van der Waals surface area (Å²) in [4.78, 5) is 15.5. The van der Waals surface area contributed by atoms with Crippen molar-refractivity contribution in [2.24, 2.45) is 0 Å². The predicted octanol–water partition coefficient (Wildman–Crippen LogP) is 11.5. The molecule has 0 atom stereocenters. The van der Waals surface area contributed by atoms with Crippen molar-refractivity contribution >= 4 is 54.6 Å². The van der Waals surface area contributed by atoms with Crippen molar-refractivity contribution in [3.05, 3.63) is 157 Å². The molecule has 0 saturated heterocycles. The number of para-hydroxylation sites is 3. The Balaban J connectivity index is 0.00000372. The summed E-state index contributed by atoms with van der Waals surface area (Å²) < 4.78 is 4.54. The summed E-state index contributed by atoms with van der Waals surface area (Å²) in [6.07, 6.45) is 1.86. The van der Waals surface area contributed by atoms with Crippen LogP contribution in [0.5, 0.6) is 0 Å². The van der Waals surface area contributed by atoms with Crippen LogP contribution < -0.4 is 4.98 Å². The van der Waals surface area contributed by atoms with Crippen LogP contribution in [0.1, 0.15) is 31.9 Å². The van der Waals surface area contributed by atoms with Crippen molar-refractivity contribution in [3.8, 4) is 34.0 Å². The standard InChI is InChI=1S/C47H35N5.Pt/c1-29-25-37-34-15-8-9-17-39(34)49-44(37)38(26-29)46-50-45-33(16-12-18-40(45)51(46)32-13-6-5-7-14-32)30-20-22-35-36-23-21-31(47(2,3)4)28-42(36)52(41(35)27-30)43-19-10-11-24-48-43;/h5-26,28H,1-4H3;/q-2;+2. The molecule has 0 fully saturated rings. The maximum Gasteiger partial charge on any atom is 2.00 e. The van der Waals surface area contributed by atoms with E-state index in [1.165, 1.54) is 16.5 Å². The fourth-order valence-electron chi connectivity index (χ4n) is 7.82. The molecule has 10 aromatic rings. The molecule has 53 heavy (non-hydrogen) atoms. The average Bonchev–Trinajstić information content (AvgIpc) is 3.84. The molecule has 0 spiro atoms. The number of nitrogens with zero attached hydrogens (tertiary/aromatic N) is 5. The first-order chi connectivity index (χ1) is 25.3. The van der Waals surface area contributed by atoms with E-state index in [9.17, 15) is 0 Å². The molecular weight excluding hydrogens is 830 g/mol. The molecule has 4 heterocycles. The zero-order chi connectivity index (χ0) is 35.1. The summed E-state index contributed by atoms with van der Waals surface area (Å²) >= 11 is 0. The summed E-state index contributed by atoms with van der Waals surface area (Å²) in [7, 11) is 0. The van der Waals surface area contributed by atoms with Crippen LogP contribution in [0, 0.1) is 13.0 Å². The number of fused-ring (bicyclic) bond motifs is 7. The summed E-state index contributed by atoms with van der Waals surface area (Å²) in [6, 6.07) is 51.0. The van der Waals surface area contributed by atoms with Crippen LogP contribution in [0.25, 0.3) is 88.7 Å². The number of aryl methyl sites for hydroxylation is 1. The van der Waals surface area contributed by atoms with Crippen molar-refractivity contribution in [1.82, 2.24) is 24.1 Å². The van der Waals surface area contributed by atoms with Gasteiger partial charge in [-0.2, -0.15) is 0 Å². The molecule has 258 valence electrons. The smallest absolute Gasteiger partial charge is 0.656 e. The van der Waals surface area contributed by atoms with Gasteiger partial charge in [-0.1, -0.05) is 111 Å². The molecule has 0 unspecified atom stereocenters. The number of aromatic nitrogens is 5. The van der Waals surface area contributed by atoms with Gasteiger partial charge < -0.3 is 9.55 Å². The number of benzene rings is 6. The van der Waals surface area contributed by atoms with Crippen molar-refractivity contribution in [2.45, 2.75) is 33.1 Å². The largest absolute Gasteiger partial charge is 2.00 e. The van der Waals surface area contributed by atoms with Gasteiger partial charge in [-0.05, 0) is 87.6 Å².